The van der Waals surface area contributed by atoms with Crippen molar-refractivity contribution >= 4 is 5.78 Å². The number of rotatable bonds is 4. The van der Waals surface area contributed by atoms with Crippen molar-refractivity contribution in [2.75, 3.05) is 6.61 Å². The summed E-state index contributed by atoms with van der Waals surface area (Å²) in [7, 11) is 0. The van der Waals surface area contributed by atoms with Crippen LogP contribution in [0.3, 0.4) is 0 Å². The standard InChI is InChI=1S/C23H30O2/c1-15(2)11-13-25-17-5-7-18-16(14-17)4-6-20-19(18)10-12-23(3)21(20)8-9-22(23)24/h5,7,14,19-21H,1,4,6,8-13H2,2-3H3/t19?,20-,21+,23+/m0/s1. The molecular formula is C23H30O2. The van der Waals surface area contributed by atoms with Gasteiger partial charge in [0.2, 0.25) is 0 Å². The normalized spacial score (nSPS) is 33.4. The number of benzene rings is 1. The number of ketones is 1. The van der Waals surface area contributed by atoms with Gasteiger partial charge in [-0.3, -0.25) is 4.79 Å². The third-order valence-electron chi connectivity index (χ3n) is 7.20. The molecule has 1 unspecified atom stereocenters. The highest BCUT2D eigenvalue weighted by Crippen LogP contribution is 2.59. The molecule has 0 bridgehead atoms. The Hall–Kier alpha value is -1.57. The molecule has 2 nitrogen and oxygen atoms in total. The van der Waals surface area contributed by atoms with E-state index in [1.807, 2.05) is 6.92 Å². The molecule has 2 fully saturated rings. The topological polar surface area (TPSA) is 26.3 Å². The van der Waals surface area contributed by atoms with Crippen LogP contribution >= 0.6 is 0 Å². The van der Waals surface area contributed by atoms with Gasteiger partial charge in [-0.05, 0) is 80.0 Å². The van der Waals surface area contributed by atoms with E-state index in [0.717, 1.165) is 43.4 Å². The fourth-order valence-electron chi connectivity index (χ4n) is 5.76. The molecule has 0 saturated heterocycles. The molecule has 2 heteroatoms. The molecule has 1 aromatic rings. The smallest absolute Gasteiger partial charge is 0.139 e. The quantitative estimate of drug-likeness (QED) is 0.682. The molecule has 0 amide bonds. The predicted octanol–water partition coefficient (Wildman–Crippen LogP) is 5.46. The largest absolute Gasteiger partial charge is 0.493 e. The maximum absolute atomic E-state index is 12.4. The Morgan fingerprint density at radius 1 is 1.28 bits per heavy atom. The van der Waals surface area contributed by atoms with Gasteiger partial charge in [0.1, 0.15) is 11.5 Å². The Bertz CT molecular complexity index is 704. The lowest BCUT2D eigenvalue weighted by atomic mass is 9.55. The van der Waals surface area contributed by atoms with Crippen LogP contribution < -0.4 is 4.74 Å². The molecule has 25 heavy (non-hydrogen) atoms. The molecule has 0 heterocycles. The third kappa shape index (κ3) is 2.84. The van der Waals surface area contributed by atoms with Gasteiger partial charge in [0.15, 0.2) is 0 Å². The van der Waals surface area contributed by atoms with E-state index in [0.29, 0.717) is 30.1 Å². The van der Waals surface area contributed by atoms with E-state index in [1.54, 1.807) is 0 Å². The van der Waals surface area contributed by atoms with Crippen LogP contribution in [-0.2, 0) is 11.2 Å². The van der Waals surface area contributed by atoms with E-state index in [2.05, 4.69) is 31.7 Å². The molecule has 0 spiro atoms. The van der Waals surface area contributed by atoms with E-state index in [9.17, 15) is 4.79 Å². The zero-order valence-corrected chi connectivity index (χ0v) is 15.6. The Morgan fingerprint density at radius 3 is 2.92 bits per heavy atom. The van der Waals surface area contributed by atoms with Crippen LogP contribution in [0.4, 0.5) is 0 Å². The number of aryl methyl sites for hydroxylation is 1. The van der Waals surface area contributed by atoms with E-state index < -0.39 is 0 Å². The summed E-state index contributed by atoms with van der Waals surface area (Å²) in [5, 5.41) is 0. The number of ether oxygens (including phenoxy) is 1. The van der Waals surface area contributed by atoms with E-state index in [4.69, 9.17) is 4.74 Å². The lowest BCUT2D eigenvalue weighted by Gasteiger charge is -2.48. The molecule has 4 rings (SSSR count). The second kappa shape index (κ2) is 6.30. The van der Waals surface area contributed by atoms with Crippen LogP contribution in [0.1, 0.15) is 69.4 Å². The summed E-state index contributed by atoms with van der Waals surface area (Å²) >= 11 is 0. The van der Waals surface area contributed by atoms with Gasteiger partial charge in [0.05, 0.1) is 6.61 Å². The summed E-state index contributed by atoms with van der Waals surface area (Å²) in [5.41, 5.74) is 4.15. The zero-order valence-electron chi connectivity index (χ0n) is 15.6. The number of fused-ring (bicyclic) bond motifs is 5. The van der Waals surface area contributed by atoms with Crippen molar-refractivity contribution in [3.8, 4) is 5.75 Å². The van der Waals surface area contributed by atoms with Crippen LogP contribution in [0.2, 0.25) is 0 Å². The second-order valence-corrected chi connectivity index (χ2v) is 8.75. The monoisotopic (exact) mass is 338 g/mol. The number of carbonyl (C=O) groups is 1. The van der Waals surface area contributed by atoms with Crippen molar-refractivity contribution in [3.63, 3.8) is 0 Å². The van der Waals surface area contributed by atoms with Crippen molar-refractivity contribution in [1.82, 2.24) is 0 Å². The molecule has 1 aromatic carbocycles. The van der Waals surface area contributed by atoms with Crippen molar-refractivity contribution in [2.24, 2.45) is 17.3 Å². The minimum Gasteiger partial charge on any atom is -0.493 e. The Balaban J connectivity index is 1.53. The molecule has 0 aromatic heterocycles. The predicted molar refractivity (Wildman–Crippen MR) is 101 cm³/mol. The minimum atomic E-state index is -0.0235. The van der Waals surface area contributed by atoms with Crippen molar-refractivity contribution in [2.45, 2.75) is 64.7 Å². The molecule has 0 N–H and O–H groups in total. The van der Waals surface area contributed by atoms with E-state index >= 15 is 0 Å². The first kappa shape index (κ1) is 16.9. The average Bonchev–Trinajstić information content (AvgIpc) is 2.89. The summed E-state index contributed by atoms with van der Waals surface area (Å²) in [4.78, 5) is 12.4. The van der Waals surface area contributed by atoms with Crippen LogP contribution in [0.15, 0.2) is 30.4 Å². The van der Waals surface area contributed by atoms with Crippen molar-refractivity contribution in [1.29, 1.82) is 0 Å². The lowest BCUT2D eigenvalue weighted by molar-refractivity contribution is -0.129. The number of hydrogen-bond acceptors (Lipinski definition) is 2. The fourth-order valence-corrected chi connectivity index (χ4v) is 5.76. The second-order valence-electron chi connectivity index (χ2n) is 8.75. The number of hydrogen-bond donors (Lipinski definition) is 0. The highest BCUT2D eigenvalue weighted by atomic mass is 16.5. The molecule has 3 aliphatic rings. The SMILES string of the molecule is C=C(C)CCOc1ccc2c(c1)CC[C@H]1C2CC[C@@]2(C)C(=O)CC[C@H]12. The maximum Gasteiger partial charge on any atom is 0.139 e. The molecule has 134 valence electrons. The first-order valence-corrected chi connectivity index (χ1v) is 9.92. The number of carbonyl (C=O) groups excluding carboxylic acids is 1. The Kier molecular flexibility index (Phi) is 4.25. The highest BCUT2D eigenvalue weighted by Gasteiger charge is 2.54. The van der Waals surface area contributed by atoms with Crippen molar-refractivity contribution < 1.29 is 9.53 Å². The molecule has 2 saturated carbocycles. The van der Waals surface area contributed by atoms with Crippen molar-refractivity contribution in [3.05, 3.63) is 41.5 Å². The first-order valence-electron chi connectivity index (χ1n) is 9.92. The highest BCUT2D eigenvalue weighted by molar-refractivity contribution is 5.87. The van der Waals surface area contributed by atoms with Crippen LogP contribution in [0.5, 0.6) is 5.75 Å². The van der Waals surface area contributed by atoms with Crippen LogP contribution in [-0.4, -0.2) is 12.4 Å². The fraction of sp³-hybridized carbons (Fsp3) is 0.609. The summed E-state index contributed by atoms with van der Waals surface area (Å²) < 4.78 is 5.91. The molecular weight excluding hydrogens is 308 g/mol. The average molecular weight is 338 g/mol. The lowest BCUT2D eigenvalue weighted by Crippen LogP contribution is -2.42. The van der Waals surface area contributed by atoms with E-state index in [1.165, 1.54) is 24.0 Å². The van der Waals surface area contributed by atoms with Gasteiger partial charge >= 0.3 is 0 Å². The summed E-state index contributed by atoms with van der Waals surface area (Å²) in [5.74, 6) is 3.49. The van der Waals surface area contributed by atoms with Gasteiger partial charge < -0.3 is 4.74 Å². The first-order chi connectivity index (χ1) is 12.0. The van der Waals surface area contributed by atoms with Gasteiger partial charge in [-0.2, -0.15) is 0 Å². The maximum atomic E-state index is 12.4. The molecule has 0 radical (unpaired) electrons. The molecule has 4 atom stereocenters. The van der Waals surface area contributed by atoms with Gasteiger partial charge in [-0.25, -0.2) is 0 Å². The summed E-state index contributed by atoms with van der Waals surface area (Å²) in [6.45, 7) is 8.94. The zero-order chi connectivity index (χ0) is 17.6. The third-order valence-corrected chi connectivity index (χ3v) is 7.20. The van der Waals surface area contributed by atoms with Gasteiger partial charge in [-0.15, -0.1) is 6.58 Å². The summed E-state index contributed by atoms with van der Waals surface area (Å²) in [6.07, 6.45) is 7.46. The molecule has 0 aliphatic heterocycles. The van der Waals surface area contributed by atoms with Gasteiger partial charge in [-0.1, -0.05) is 18.6 Å². The van der Waals surface area contributed by atoms with Gasteiger partial charge in [0, 0.05) is 18.3 Å². The summed E-state index contributed by atoms with van der Waals surface area (Å²) in [6, 6.07) is 6.71. The Morgan fingerprint density at radius 2 is 2.12 bits per heavy atom. The van der Waals surface area contributed by atoms with Crippen LogP contribution in [0, 0.1) is 17.3 Å². The molecule has 3 aliphatic carbocycles. The van der Waals surface area contributed by atoms with E-state index in [-0.39, 0.29) is 5.41 Å². The van der Waals surface area contributed by atoms with Crippen LogP contribution in [0.25, 0.3) is 0 Å². The Labute approximate surface area is 151 Å². The van der Waals surface area contributed by atoms with Gasteiger partial charge in [0.25, 0.3) is 0 Å². The minimum absolute atomic E-state index is 0.0235. The number of Topliss-reactive ketones (excluding diaryl/α,β-unsaturated/α-hetero) is 1.